The van der Waals surface area contributed by atoms with E-state index in [1.807, 2.05) is 0 Å². The lowest BCUT2D eigenvalue weighted by atomic mass is 9.91. The molecule has 0 aliphatic carbocycles. The number of nitrogens with zero attached hydrogens (tertiary/aromatic N) is 3. The van der Waals surface area contributed by atoms with E-state index in [9.17, 15) is 9.59 Å². The van der Waals surface area contributed by atoms with Gasteiger partial charge in [0.15, 0.2) is 0 Å². The Morgan fingerprint density at radius 1 is 1.16 bits per heavy atom. The molecule has 1 fully saturated rings. The van der Waals surface area contributed by atoms with Crippen LogP contribution in [-0.2, 0) is 9.59 Å². The third-order valence-corrected chi connectivity index (χ3v) is 5.16. The number of aromatic nitrogens is 2. The Labute approximate surface area is 146 Å². The molecule has 132 valence electrons. The van der Waals surface area contributed by atoms with E-state index in [-0.39, 0.29) is 6.42 Å². The average molecular weight is 341 g/mol. The number of aliphatic carboxylic acids is 1. The van der Waals surface area contributed by atoms with E-state index in [0.29, 0.717) is 12.3 Å². The highest BCUT2D eigenvalue weighted by atomic mass is 16.4. The molecule has 1 aromatic carbocycles. The van der Waals surface area contributed by atoms with Crippen molar-refractivity contribution >= 4 is 28.5 Å². The summed E-state index contributed by atoms with van der Waals surface area (Å²) in [5.74, 6) is -0.643. The summed E-state index contributed by atoms with van der Waals surface area (Å²) < 4.78 is 0. The van der Waals surface area contributed by atoms with Gasteiger partial charge < -0.3 is 10.0 Å². The van der Waals surface area contributed by atoms with Crippen LogP contribution in [0.2, 0.25) is 0 Å². The number of hydrogen-bond acceptors (Lipinski definition) is 5. The first-order chi connectivity index (χ1) is 12.0. The van der Waals surface area contributed by atoms with Crippen molar-refractivity contribution in [3.05, 3.63) is 29.6 Å². The van der Waals surface area contributed by atoms with Crippen LogP contribution >= 0.6 is 0 Å². The zero-order valence-corrected chi connectivity index (χ0v) is 14.7. The summed E-state index contributed by atoms with van der Waals surface area (Å²) in [5.41, 5.74) is 3.41. The van der Waals surface area contributed by atoms with Crippen molar-refractivity contribution in [2.75, 3.05) is 18.0 Å². The molecule has 1 aromatic heterocycles. The number of carbonyl (C=O) groups is 2. The van der Waals surface area contributed by atoms with Crippen LogP contribution in [0.3, 0.4) is 0 Å². The highest BCUT2D eigenvalue weighted by Gasteiger charge is 2.23. The number of benzene rings is 1. The van der Waals surface area contributed by atoms with Gasteiger partial charge in [0, 0.05) is 24.9 Å². The fourth-order valence-corrected chi connectivity index (χ4v) is 3.43. The monoisotopic (exact) mass is 341 g/mol. The van der Waals surface area contributed by atoms with Crippen LogP contribution in [0.4, 0.5) is 5.82 Å². The molecule has 0 unspecified atom stereocenters. The van der Waals surface area contributed by atoms with Crippen LogP contribution < -0.4 is 4.90 Å². The molecule has 25 heavy (non-hydrogen) atoms. The molecule has 1 aliphatic rings. The van der Waals surface area contributed by atoms with Crippen molar-refractivity contribution in [2.24, 2.45) is 5.92 Å². The number of hydrogen-bond donors (Lipinski definition) is 1. The smallest absolute Gasteiger partial charge is 0.372 e. The maximum absolute atomic E-state index is 11.3. The summed E-state index contributed by atoms with van der Waals surface area (Å²) in [6.07, 6.45) is 4.30. The summed E-state index contributed by atoms with van der Waals surface area (Å²) in [5, 5.41) is 9.75. The van der Waals surface area contributed by atoms with Crippen molar-refractivity contribution in [3.8, 4) is 0 Å². The number of aryl methyl sites for hydroxylation is 2. The van der Waals surface area contributed by atoms with Crippen molar-refractivity contribution in [2.45, 2.75) is 39.5 Å². The second-order valence-corrected chi connectivity index (χ2v) is 6.85. The first-order valence-corrected chi connectivity index (χ1v) is 8.68. The molecule has 2 aromatic rings. The Morgan fingerprint density at radius 2 is 1.84 bits per heavy atom. The van der Waals surface area contributed by atoms with Gasteiger partial charge in [0.25, 0.3) is 0 Å². The van der Waals surface area contributed by atoms with Crippen molar-refractivity contribution in [1.29, 1.82) is 0 Å². The third-order valence-electron chi connectivity index (χ3n) is 5.16. The normalized spacial score (nSPS) is 15.5. The predicted octanol–water partition coefficient (Wildman–Crippen LogP) is 2.90. The minimum Gasteiger partial charge on any atom is -0.476 e. The minimum atomic E-state index is -1.32. The molecule has 1 N–H and O–H groups in total. The second-order valence-electron chi connectivity index (χ2n) is 6.85. The van der Waals surface area contributed by atoms with E-state index in [4.69, 9.17) is 5.11 Å². The quantitative estimate of drug-likeness (QED) is 0.842. The van der Waals surface area contributed by atoms with Gasteiger partial charge in [0.1, 0.15) is 12.1 Å². The standard InChI is InChI=1S/C19H23N3O3/c1-12-9-15-16(10-13(12)2)20-11-21-18(15)22-7-5-14(6-8-22)3-4-17(23)19(24)25/h9-11,14H,3-8H2,1-2H3,(H,24,25). The molecular formula is C19H23N3O3. The number of anilines is 1. The molecular weight excluding hydrogens is 318 g/mol. The van der Waals surface area contributed by atoms with E-state index in [0.717, 1.165) is 42.7 Å². The maximum Gasteiger partial charge on any atom is 0.372 e. The summed E-state index contributed by atoms with van der Waals surface area (Å²) in [6.45, 7) is 5.91. The van der Waals surface area contributed by atoms with Crippen molar-refractivity contribution < 1.29 is 14.7 Å². The number of carboxylic acid groups (broad SMARTS) is 1. The number of ketones is 1. The molecule has 3 rings (SSSR count). The van der Waals surface area contributed by atoms with Gasteiger partial charge in [-0.1, -0.05) is 0 Å². The van der Waals surface area contributed by atoms with Gasteiger partial charge in [-0.25, -0.2) is 14.8 Å². The average Bonchev–Trinajstić information content (AvgIpc) is 2.60. The fraction of sp³-hybridized carbons (Fsp3) is 0.474. The summed E-state index contributed by atoms with van der Waals surface area (Å²) in [4.78, 5) is 33.0. The molecule has 1 saturated heterocycles. The van der Waals surface area contributed by atoms with E-state index in [1.54, 1.807) is 6.33 Å². The Morgan fingerprint density at radius 3 is 2.52 bits per heavy atom. The van der Waals surface area contributed by atoms with Gasteiger partial charge in [-0.05, 0) is 62.3 Å². The van der Waals surface area contributed by atoms with Crippen molar-refractivity contribution in [3.63, 3.8) is 0 Å². The Kier molecular flexibility index (Phi) is 4.97. The second kappa shape index (κ2) is 7.17. The van der Waals surface area contributed by atoms with Crippen LogP contribution in [-0.4, -0.2) is 39.9 Å². The number of Topliss-reactive ketones (excluding diaryl/α,β-unsaturated/α-hetero) is 1. The van der Waals surface area contributed by atoms with Crippen molar-refractivity contribution in [1.82, 2.24) is 9.97 Å². The number of carboxylic acids is 1. The lowest BCUT2D eigenvalue weighted by molar-refractivity contribution is -0.149. The van der Waals surface area contributed by atoms with E-state index in [1.165, 1.54) is 11.1 Å². The molecule has 2 heterocycles. The fourth-order valence-electron chi connectivity index (χ4n) is 3.43. The van der Waals surface area contributed by atoms with Crippen LogP contribution in [0.15, 0.2) is 18.5 Å². The zero-order valence-electron chi connectivity index (χ0n) is 14.7. The molecule has 0 spiro atoms. The topological polar surface area (TPSA) is 83.4 Å². The van der Waals surface area contributed by atoms with Gasteiger partial charge in [-0.15, -0.1) is 0 Å². The van der Waals surface area contributed by atoms with Gasteiger partial charge in [-0.3, -0.25) is 4.79 Å². The molecule has 0 radical (unpaired) electrons. The number of piperidine rings is 1. The zero-order chi connectivity index (χ0) is 18.0. The summed E-state index contributed by atoms with van der Waals surface area (Å²) >= 11 is 0. The minimum absolute atomic E-state index is 0.134. The van der Waals surface area contributed by atoms with E-state index >= 15 is 0 Å². The molecule has 0 atom stereocenters. The van der Waals surface area contributed by atoms with Gasteiger partial charge in [0.05, 0.1) is 5.52 Å². The van der Waals surface area contributed by atoms with Gasteiger partial charge >= 0.3 is 5.97 Å². The first kappa shape index (κ1) is 17.3. The highest BCUT2D eigenvalue weighted by molar-refractivity contribution is 6.32. The lowest BCUT2D eigenvalue weighted by Gasteiger charge is -2.33. The van der Waals surface area contributed by atoms with Crippen LogP contribution in [0, 0.1) is 19.8 Å². The molecule has 0 bridgehead atoms. The lowest BCUT2D eigenvalue weighted by Crippen LogP contribution is -2.34. The summed E-state index contributed by atoms with van der Waals surface area (Å²) in [6, 6.07) is 4.25. The maximum atomic E-state index is 11.3. The Balaban J connectivity index is 1.69. The van der Waals surface area contributed by atoms with Crippen LogP contribution in [0.25, 0.3) is 10.9 Å². The molecule has 6 heteroatoms. The molecule has 6 nitrogen and oxygen atoms in total. The van der Waals surface area contributed by atoms with Crippen LogP contribution in [0.5, 0.6) is 0 Å². The Bertz CT molecular complexity index is 811. The molecule has 0 saturated carbocycles. The van der Waals surface area contributed by atoms with Crippen LogP contribution in [0.1, 0.15) is 36.8 Å². The third kappa shape index (κ3) is 3.78. The predicted molar refractivity (Wildman–Crippen MR) is 95.8 cm³/mol. The number of carbonyl (C=O) groups excluding carboxylic acids is 1. The number of rotatable bonds is 5. The van der Waals surface area contributed by atoms with Gasteiger partial charge in [0.2, 0.25) is 5.78 Å². The molecule has 0 amide bonds. The highest BCUT2D eigenvalue weighted by Crippen LogP contribution is 2.30. The van der Waals surface area contributed by atoms with E-state index < -0.39 is 11.8 Å². The first-order valence-electron chi connectivity index (χ1n) is 8.68. The van der Waals surface area contributed by atoms with E-state index in [2.05, 4.69) is 40.8 Å². The summed E-state index contributed by atoms with van der Waals surface area (Å²) in [7, 11) is 0. The molecule has 1 aliphatic heterocycles. The SMILES string of the molecule is Cc1cc2ncnc(N3CCC(CCC(=O)C(=O)O)CC3)c2cc1C. The largest absolute Gasteiger partial charge is 0.476 e. The number of fused-ring (bicyclic) bond motifs is 1. The Hall–Kier alpha value is -2.50. The van der Waals surface area contributed by atoms with Gasteiger partial charge in [-0.2, -0.15) is 0 Å².